The molecule has 3 heteroatoms. The number of ether oxygens (including phenoxy) is 1. The van der Waals surface area contributed by atoms with Gasteiger partial charge in [0.25, 0.3) is 0 Å². The van der Waals surface area contributed by atoms with Crippen LogP contribution in [0.3, 0.4) is 0 Å². The monoisotopic (exact) mass is 283 g/mol. The van der Waals surface area contributed by atoms with E-state index >= 15 is 0 Å². The Labute approximate surface area is 126 Å². The minimum absolute atomic E-state index is 0.310. The molecule has 21 heavy (non-hydrogen) atoms. The second kappa shape index (κ2) is 7.48. The molecule has 0 spiro atoms. The van der Waals surface area contributed by atoms with Crippen molar-refractivity contribution in [3.63, 3.8) is 0 Å². The third kappa shape index (κ3) is 4.35. The van der Waals surface area contributed by atoms with Crippen LogP contribution in [0.2, 0.25) is 0 Å². The Morgan fingerprint density at radius 1 is 1.14 bits per heavy atom. The third-order valence-electron chi connectivity index (χ3n) is 3.47. The maximum Gasteiger partial charge on any atom is 0.337 e. The fourth-order valence-corrected chi connectivity index (χ4v) is 2.29. The van der Waals surface area contributed by atoms with Crippen LogP contribution >= 0.6 is 0 Å². The number of rotatable bonds is 6. The van der Waals surface area contributed by atoms with Gasteiger partial charge in [0.15, 0.2) is 0 Å². The first kappa shape index (κ1) is 15.1. The molecular formula is C18H21NO2. The number of esters is 1. The summed E-state index contributed by atoms with van der Waals surface area (Å²) in [7, 11) is 1.40. The van der Waals surface area contributed by atoms with Crippen molar-refractivity contribution in [1.29, 1.82) is 0 Å². The molecule has 0 aliphatic heterocycles. The number of benzene rings is 2. The van der Waals surface area contributed by atoms with Crippen LogP contribution in [0, 0.1) is 0 Å². The quantitative estimate of drug-likeness (QED) is 0.817. The lowest BCUT2D eigenvalue weighted by atomic mass is 10.0. The van der Waals surface area contributed by atoms with E-state index in [4.69, 9.17) is 4.74 Å². The van der Waals surface area contributed by atoms with Crippen LogP contribution in [-0.2, 0) is 11.2 Å². The SMILES string of the molecule is CCC(Cc1ccccc1)Nc1cccc(C(=O)OC)c1. The fraction of sp³-hybridized carbons (Fsp3) is 0.278. The number of nitrogens with one attached hydrogen (secondary N) is 1. The van der Waals surface area contributed by atoms with Gasteiger partial charge < -0.3 is 10.1 Å². The minimum Gasteiger partial charge on any atom is -0.465 e. The molecule has 110 valence electrons. The molecule has 0 fully saturated rings. The minimum atomic E-state index is -0.310. The van der Waals surface area contributed by atoms with E-state index in [9.17, 15) is 4.79 Å². The van der Waals surface area contributed by atoms with E-state index < -0.39 is 0 Å². The van der Waals surface area contributed by atoms with Crippen molar-refractivity contribution < 1.29 is 9.53 Å². The van der Waals surface area contributed by atoms with Gasteiger partial charge in [-0.05, 0) is 36.6 Å². The standard InChI is InChI=1S/C18H21NO2/c1-3-16(12-14-8-5-4-6-9-14)19-17-11-7-10-15(13-17)18(20)21-2/h4-11,13,16,19H,3,12H2,1-2H3. The lowest BCUT2D eigenvalue weighted by Gasteiger charge is -2.19. The zero-order chi connectivity index (χ0) is 15.1. The lowest BCUT2D eigenvalue weighted by Crippen LogP contribution is -2.21. The third-order valence-corrected chi connectivity index (χ3v) is 3.47. The summed E-state index contributed by atoms with van der Waals surface area (Å²) < 4.78 is 4.75. The average molecular weight is 283 g/mol. The first-order valence-electron chi connectivity index (χ1n) is 7.21. The number of carbonyl (C=O) groups is 1. The van der Waals surface area contributed by atoms with Crippen LogP contribution in [0.4, 0.5) is 5.69 Å². The zero-order valence-electron chi connectivity index (χ0n) is 12.5. The summed E-state index contributed by atoms with van der Waals surface area (Å²) in [4.78, 5) is 11.6. The Hall–Kier alpha value is -2.29. The summed E-state index contributed by atoms with van der Waals surface area (Å²) >= 11 is 0. The van der Waals surface area contributed by atoms with Crippen LogP contribution in [0.1, 0.15) is 29.3 Å². The predicted molar refractivity (Wildman–Crippen MR) is 85.6 cm³/mol. The molecule has 1 N–H and O–H groups in total. The van der Waals surface area contributed by atoms with Gasteiger partial charge in [0, 0.05) is 11.7 Å². The summed E-state index contributed by atoms with van der Waals surface area (Å²) in [6, 6.07) is 18.2. The predicted octanol–water partition coefficient (Wildman–Crippen LogP) is 3.91. The van der Waals surface area contributed by atoms with Crippen LogP contribution < -0.4 is 5.32 Å². The van der Waals surface area contributed by atoms with Crippen molar-refractivity contribution in [3.05, 3.63) is 65.7 Å². The zero-order valence-corrected chi connectivity index (χ0v) is 12.5. The van der Waals surface area contributed by atoms with Crippen molar-refractivity contribution in [2.45, 2.75) is 25.8 Å². The first-order valence-corrected chi connectivity index (χ1v) is 7.21. The molecule has 0 aromatic heterocycles. The van der Waals surface area contributed by atoms with Crippen molar-refractivity contribution in [2.24, 2.45) is 0 Å². The van der Waals surface area contributed by atoms with Gasteiger partial charge in [-0.1, -0.05) is 43.3 Å². The van der Waals surface area contributed by atoms with Gasteiger partial charge in [0.05, 0.1) is 12.7 Å². The molecule has 2 aromatic rings. The maximum atomic E-state index is 11.6. The van der Waals surface area contributed by atoms with Gasteiger partial charge in [0.2, 0.25) is 0 Å². The Morgan fingerprint density at radius 3 is 2.57 bits per heavy atom. The highest BCUT2D eigenvalue weighted by atomic mass is 16.5. The molecule has 0 aliphatic rings. The molecule has 3 nitrogen and oxygen atoms in total. The number of anilines is 1. The normalized spacial score (nSPS) is 11.7. The molecule has 0 radical (unpaired) electrons. The highest BCUT2D eigenvalue weighted by Crippen LogP contribution is 2.16. The number of hydrogen-bond acceptors (Lipinski definition) is 3. The molecule has 0 saturated heterocycles. The van der Waals surface area contributed by atoms with Crippen LogP contribution in [0.25, 0.3) is 0 Å². The molecule has 0 bridgehead atoms. The number of carbonyl (C=O) groups excluding carboxylic acids is 1. The Balaban J connectivity index is 2.06. The summed E-state index contributed by atoms with van der Waals surface area (Å²) in [5.74, 6) is -0.310. The Kier molecular flexibility index (Phi) is 5.38. The molecular weight excluding hydrogens is 262 g/mol. The van der Waals surface area contributed by atoms with Crippen LogP contribution in [0.15, 0.2) is 54.6 Å². The second-order valence-corrected chi connectivity index (χ2v) is 5.01. The largest absolute Gasteiger partial charge is 0.465 e. The van der Waals surface area contributed by atoms with Crippen molar-refractivity contribution >= 4 is 11.7 Å². The summed E-state index contributed by atoms with van der Waals surface area (Å²) in [5.41, 5.74) is 2.82. The van der Waals surface area contributed by atoms with Crippen LogP contribution in [0.5, 0.6) is 0 Å². The van der Waals surface area contributed by atoms with Crippen molar-refractivity contribution in [2.75, 3.05) is 12.4 Å². The summed E-state index contributed by atoms with van der Waals surface area (Å²) in [6.07, 6.45) is 1.97. The molecule has 1 atom stereocenters. The van der Waals surface area contributed by atoms with Gasteiger partial charge in [-0.2, -0.15) is 0 Å². The first-order chi connectivity index (χ1) is 10.2. The summed E-state index contributed by atoms with van der Waals surface area (Å²) in [5, 5.41) is 3.49. The van der Waals surface area contributed by atoms with Gasteiger partial charge in [-0.3, -0.25) is 0 Å². The van der Waals surface area contributed by atoms with Gasteiger partial charge in [0.1, 0.15) is 0 Å². The molecule has 2 aromatic carbocycles. The van der Waals surface area contributed by atoms with Gasteiger partial charge in [-0.25, -0.2) is 4.79 Å². The van der Waals surface area contributed by atoms with E-state index in [1.54, 1.807) is 6.07 Å². The van der Waals surface area contributed by atoms with Crippen LogP contribution in [-0.4, -0.2) is 19.1 Å². The van der Waals surface area contributed by atoms with E-state index in [1.165, 1.54) is 12.7 Å². The molecule has 2 rings (SSSR count). The fourth-order valence-electron chi connectivity index (χ4n) is 2.29. The smallest absolute Gasteiger partial charge is 0.337 e. The van der Waals surface area contributed by atoms with E-state index in [2.05, 4.69) is 36.5 Å². The molecule has 1 unspecified atom stereocenters. The van der Waals surface area contributed by atoms with Gasteiger partial charge in [-0.15, -0.1) is 0 Å². The second-order valence-electron chi connectivity index (χ2n) is 5.01. The average Bonchev–Trinajstić information content (AvgIpc) is 2.54. The highest BCUT2D eigenvalue weighted by Gasteiger charge is 2.10. The van der Waals surface area contributed by atoms with E-state index in [-0.39, 0.29) is 5.97 Å². The number of methoxy groups -OCH3 is 1. The highest BCUT2D eigenvalue weighted by molar-refractivity contribution is 5.90. The van der Waals surface area contributed by atoms with Gasteiger partial charge >= 0.3 is 5.97 Å². The lowest BCUT2D eigenvalue weighted by molar-refractivity contribution is 0.0601. The molecule has 0 heterocycles. The van der Waals surface area contributed by atoms with Crippen molar-refractivity contribution in [1.82, 2.24) is 0 Å². The van der Waals surface area contributed by atoms with E-state index in [0.29, 0.717) is 11.6 Å². The molecule has 0 aliphatic carbocycles. The summed E-state index contributed by atoms with van der Waals surface area (Å²) in [6.45, 7) is 2.16. The Bertz CT molecular complexity index is 581. The Morgan fingerprint density at radius 2 is 1.90 bits per heavy atom. The van der Waals surface area contributed by atoms with E-state index in [0.717, 1.165) is 18.5 Å². The maximum absolute atomic E-state index is 11.6. The molecule has 0 saturated carbocycles. The van der Waals surface area contributed by atoms with E-state index in [1.807, 2.05) is 24.3 Å². The molecule has 0 amide bonds. The topological polar surface area (TPSA) is 38.3 Å². The number of hydrogen-bond donors (Lipinski definition) is 1. The van der Waals surface area contributed by atoms with Crippen molar-refractivity contribution in [3.8, 4) is 0 Å².